The second-order valence-electron chi connectivity index (χ2n) is 5.46. The molecule has 0 saturated carbocycles. The summed E-state index contributed by atoms with van der Waals surface area (Å²) in [5, 5.41) is 2.35. The molecule has 106 valence electrons. The van der Waals surface area contributed by atoms with Gasteiger partial charge in [-0.1, -0.05) is 42.5 Å². The molecule has 0 fully saturated rings. The molecule has 0 atom stereocenters. The molecule has 1 aromatic heterocycles. The van der Waals surface area contributed by atoms with Gasteiger partial charge in [-0.25, -0.2) is 9.98 Å². The highest BCUT2D eigenvalue weighted by Gasteiger charge is 2.18. The third kappa shape index (κ3) is 2.21. The lowest BCUT2D eigenvalue weighted by Gasteiger charge is -2.07. The molecule has 0 aliphatic carbocycles. The second-order valence-corrected chi connectivity index (χ2v) is 5.46. The molecule has 1 aliphatic heterocycles. The van der Waals surface area contributed by atoms with Crippen molar-refractivity contribution in [3.8, 4) is 0 Å². The molecule has 22 heavy (non-hydrogen) atoms. The van der Waals surface area contributed by atoms with E-state index in [-0.39, 0.29) is 5.78 Å². The van der Waals surface area contributed by atoms with Gasteiger partial charge in [0.15, 0.2) is 11.6 Å². The lowest BCUT2D eigenvalue weighted by Crippen LogP contribution is -2.07. The smallest absolute Gasteiger partial charge is 0.167 e. The monoisotopic (exact) mass is 286 g/mol. The Kier molecular flexibility index (Phi) is 3.04. The van der Waals surface area contributed by atoms with Gasteiger partial charge in [-0.05, 0) is 22.4 Å². The van der Waals surface area contributed by atoms with Crippen LogP contribution in [-0.2, 0) is 12.8 Å². The minimum atomic E-state index is 0.124. The largest absolute Gasteiger partial charge is 0.294 e. The minimum absolute atomic E-state index is 0.124. The van der Waals surface area contributed by atoms with Crippen LogP contribution in [0.15, 0.2) is 59.7 Å². The van der Waals surface area contributed by atoms with E-state index in [0.717, 1.165) is 22.1 Å². The van der Waals surface area contributed by atoms with Gasteiger partial charge in [0.25, 0.3) is 0 Å². The van der Waals surface area contributed by atoms with Gasteiger partial charge in [0, 0.05) is 36.4 Å². The molecule has 0 radical (unpaired) electrons. The zero-order valence-corrected chi connectivity index (χ0v) is 12.0. The van der Waals surface area contributed by atoms with E-state index in [4.69, 9.17) is 0 Å². The van der Waals surface area contributed by atoms with Gasteiger partial charge in [-0.15, -0.1) is 0 Å². The predicted molar refractivity (Wildman–Crippen MR) is 88.1 cm³/mol. The first kappa shape index (κ1) is 12.9. The Hall–Kier alpha value is -2.81. The number of carbonyl (C=O) groups excluding carboxylic acids is 1. The summed E-state index contributed by atoms with van der Waals surface area (Å²) in [4.78, 5) is 21.0. The van der Waals surface area contributed by atoms with Crippen molar-refractivity contribution in [2.24, 2.45) is 4.99 Å². The SMILES string of the molecule is O=C(Cc1ccc2ccccc2c1)c1ccnc2c1CC=N2. The topological polar surface area (TPSA) is 42.3 Å². The van der Waals surface area contributed by atoms with Crippen LogP contribution in [0.25, 0.3) is 10.8 Å². The van der Waals surface area contributed by atoms with Crippen LogP contribution in [0.5, 0.6) is 0 Å². The first-order chi connectivity index (χ1) is 10.8. The van der Waals surface area contributed by atoms with E-state index in [9.17, 15) is 4.79 Å². The number of carbonyl (C=O) groups is 1. The van der Waals surface area contributed by atoms with Crippen molar-refractivity contribution in [2.45, 2.75) is 12.8 Å². The molecule has 0 unspecified atom stereocenters. The number of ketones is 1. The quantitative estimate of drug-likeness (QED) is 0.685. The Morgan fingerprint density at radius 2 is 1.91 bits per heavy atom. The number of rotatable bonds is 3. The maximum atomic E-state index is 12.6. The van der Waals surface area contributed by atoms with Crippen LogP contribution in [-0.4, -0.2) is 17.0 Å². The first-order valence-corrected chi connectivity index (χ1v) is 7.32. The number of aromatic nitrogens is 1. The molecule has 0 bridgehead atoms. The van der Waals surface area contributed by atoms with Crippen LogP contribution in [0.2, 0.25) is 0 Å². The van der Waals surface area contributed by atoms with Crippen molar-refractivity contribution >= 4 is 28.6 Å². The zero-order chi connectivity index (χ0) is 14.9. The molecule has 2 aromatic carbocycles. The molecule has 0 spiro atoms. The molecule has 4 rings (SSSR count). The van der Waals surface area contributed by atoms with Crippen molar-refractivity contribution in [3.05, 3.63) is 71.4 Å². The fourth-order valence-electron chi connectivity index (χ4n) is 2.91. The van der Waals surface area contributed by atoms with Crippen LogP contribution >= 0.6 is 0 Å². The Balaban J connectivity index is 1.65. The molecule has 2 heterocycles. The number of hydrogen-bond donors (Lipinski definition) is 0. The average molecular weight is 286 g/mol. The first-order valence-electron chi connectivity index (χ1n) is 7.32. The fraction of sp³-hybridized carbons (Fsp3) is 0.105. The molecular formula is C19H14N2O. The highest BCUT2D eigenvalue weighted by molar-refractivity contribution is 6.01. The van der Waals surface area contributed by atoms with E-state index in [1.165, 1.54) is 5.39 Å². The van der Waals surface area contributed by atoms with Crippen molar-refractivity contribution < 1.29 is 4.79 Å². The molecule has 0 saturated heterocycles. The van der Waals surface area contributed by atoms with Crippen molar-refractivity contribution in [1.29, 1.82) is 0 Å². The maximum Gasteiger partial charge on any atom is 0.167 e. The summed E-state index contributed by atoms with van der Waals surface area (Å²) >= 11 is 0. The number of pyridine rings is 1. The number of Topliss-reactive ketones (excluding diaryl/α,β-unsaturated/α-hetero) is 1. The van der Waals surface area contributed by atoms with Crippen LogP contribution in [0, 0.1) is 0 Å². The summed E-state index contributed by atoms with van der Waals surface area (Å²) in [5.74, 6) is 0.809. The summed E-state index contributed by atoms with van der Waals surface area (Å²) in [6, 6.07) is 16.2. The minimum Gasteiger partial charge on any atom is -0.294 e. The van der Waals surface area contributed by atoms with E-state index in [0.29, 0.717) is 18.7 Å². The van der Waals surface area contributed by atoms with Crippen LogP contribution < -0.4 is 0 Å². The Bertz CT molecular complexity index is 912. The average Bonchev–Trinajstić information content (AvgIpc) is 3.03. The molecular weight excluding hydrogens is 272 g/mol. The number of fused-ring (bicyclic) bond motifs is 2. The summed E-state index contributed by atoms with van der Waals surface area (Å²) in [6.45, 7) is 0. The van der Waals surface area contributed by atoms with Gasteiger partial charge in [0.2, 0.25) is 0 Å². The maximum absolute atomic E-state index is 12.6. The zero-order valence-electron chi connectivity index (χ0n) is 12.0. The van der Waals surface area contributed by atoms with Gasteiger partial charge in [-0.2, -0.15) is 0 Å². The third-order valence-electron chi connectivity index (χ3n) is 4.02. The summed E-state index contributed by atoms with van der Waals surface area (Å²) < 4.78 is 0. The third-order valence-corrected chi connectivity index (χ3v) is 4.02. The van der Waals surface area contributed by atoms with Crippen LogP contribution in [0.4, 0.5) is 5.82 Å². The van der Waals surface area contributed by atoms with E-state index in [1.807, 2.05) is 24.4 Å². The van der Waals surface area contributed by atoms with Crippen molar-refractivity contribution in [2.75, 3.05) is 0 Å². The van der Waals surface area contributed by atoms with Gasteiger partial charge in [0.1, 0.15) is 0 Å². The number of benzene rings is 2. The van der Waals surface area contributed by atoms with Crippen molar-refractivity contribution in [1.82, 2.24) is 4.98 Å². The van der Waals surface area contributed by atoms with E-state index in [2.05, 4.69) is 34.2 Å². The van der Waals surface area contributed by atoms with Crippen LogP contribution in [0.1, 0.15) is 21.5 Å². The fourth-order valence-corrected chi connectivity index (χ4v) is 2.91. The van der Waals surface area contributed by atoms with Gasteiger partial charge in [0.05, 0.1) is 0 Å². The lowest BCUT2D eigenvalue weighted by atomic mass is 9.97. The number of hydrogen-bond acceptors (Lipinski definition) is 3. The summed E-state index contributed by atoms with van der Waals surface area (Å²) in [5.41, 5.74) is 2.73. The van der Waals surface area contributed by atoms with Crippen LogP contribution in [0.3, 0.4) is 0 Å². The van der Waals surface area contributed by atoms with E-state index in [1.54, 1.807) is 12.3 Å². The normalized spacial score (nSPS) is 12.5. The summed E-state index contributed by atoms with van der Waals surface area (Å²) in [6.07, 6.45) is 4.57. The van der Waals surface area contributed by atoms with Crippen molar-refractivity contribution in [3.63, 3.8) is 0 Å². The van der Waals surface area contributed by atoms with Gasteiger partial charge < -0.3 is 0 Å². The lowest BCUT2D eigenvalue weighted by molar-refractivity contribution is 0.0992. The highest BCUT2D eigenvalue weighted by atomic mass is 16.1. The standard InChI is InChI=1S/C19H14N2O/c22-18(16-7-9-20-19-17(16)8-10-21-19)12-13-5-6-14-3-1-2-4-15(14)11-13/h1-7,9-11H,8,12H2. The Morgan fingerprint density at radius 1 is 1.05 bits per heavy atom. The molecule has 3 aromatic rings. The predicted octanol–water partition coefficient (Wildman–Crippen LogP) is 3.92. The van der Waals surface area contributed by atoms with E-state index < -0.39 is 0 Å². The van der Waals surface area contributed by atoms with Gasteiger partial charge >= 0.3 is 0 Å². The highest BCUT2D eigenvalue weighted by Crippen LogP contribution is 2.26. The second kappa shape index (κ2) is 5.19. The number of nitrogens with zero attached hydrogens (tertiary/aromatic N) is 2. The Morgan fingerprint density at radius 3 is 2.82 bits per heavy atom. The number of aliphatic imine (C=N–C) groups is 1. The molecule has 1 aliphatic rings. The molecule has 3 heteroatoms. The molecule has 3 nitrogen and oxygen atoms in total. The van der Waals surface area contributed by atoms with E-state index >= 15 is 0 Å². The molecule has 0 amide bonds. The molecule has 0 N–H and O–H groups in total. The summed E-state index contributed by atoms with van der Waals surface area (Å²) in [7, 11) is 0. The van der Waals surface area contributed by atoms with Gasteiger partial charge in [-0.3, -0.25) is 4.79 Å². The Labute approximate surface area is 128 Å².